The van der Waals surface area contributed by atoms with Gasteiger partial charge >= 0.3 is 6.18 Å². The summed E-state index contributed by atoms with van der Waals surface area (Å²) in [6.45, 7) is 7.12. The minimum atomic E-state index is -4.60. The predicted octanol–water partition coefficient (Wildman–Crippen LogP) is 6.40. The summed E-state index contributed by atoms with van der Waals surface area (Å²) in [5.41, 5.74) is 2.79. The summed E-state index contributed by atoms with van der Waals surface area (Å²) < 4.78 is 56.1. The number of aromatic nitrogens is 3. The molecule has 0 bridgehead atoms. The number of aliphatic hydroxyl groups is 1. The van der Waals surface area contributed by atoms with Crippen molar-refractivity contribution in [1.29, 1.82) is 0 Å². The van der Waals surface area contributed by atoms with E-state index in [0.717, 1.165) is 15.8 Å². The topological polar surface area (TPSA) is 101 Å². The minimum Gasteiger partial charge on any atom is -0.396 e. The van der Waals surface area contributed by atoms with Crippen LogP contribution < -0.4 is 10.6 Å². The summed E-state index contributed by atoms with van der Waals surface area (Å²) in [4.78, 5) is 13.9. The molecule has 4 aromatic rings. The third kappa shape index (κ3) is 5.56. The van der Waals surface area contributed by atoms with Crippen molar-refractivity contribution in [2.75, 3.05) is 17.2 Å². The third-order valence-electron chi connectivity index (χ3n) is 7.75. The highest BCUT2D eigenvalue weighted by Gasteiger charge is 2.54. The maximum absolute atomic E-state index is 14.3. The second kappa shape index (κ2) is 10.7. The summed E-state index contributed by atoms with van der Waals surface area (Å²) in [5.74, 6) is -0.831. The van der Waals surface area contributed by atoms with Gasteiger partial charge in [-0.2, -0.15) is 18.2 Å². The molecule has 12 heteroatoms. The normalized spacial score (nSPS) is 24.1. The number of thiazole rings is 1. The van der Waals surface area contributed by atoms with Crippen molar-refractivity contribution >= 4 is 33.3 Å². The molecule has 2 fully saturated rings. The summed E-state index contributed by atoms with van der Waals surface area (Å²) in [6.07, 6.45) is -4.78. The van der Waals surface area contributed by atoms with E-state index in [9.17, 15) is 18.3 Å². The number of halogens is 3. The lowest BCUT2D eigenvalue weighted by Gasteiger charge is -2.26. The zero-order chi connectivity index (χ0) is 29.8. The minimum absolute atomic E-state index is 0.0577. The number of fused-ring (bicyclic) bond motifs is 2. The van der Waals surface area contributed by atoms with Crippen molar-refractivity contribution in [3.05, 3.63) is 65.4 Å². The molecular weight excluding hydrogens is 567 g/mol. The molecule has 8 nitrogen and oxygen atoms in total. The average molecular weight is 600 g/mol. The standard InChI is InChI=1S/C30H32F3N5O3S/c1-15-9-11-17(12-10-15)25(30(31,32)33)37-28-34-16(2)22(27-36-19-7-5-6-8-21(19)42-27)26(38-28)35-20-13-18(14-39)23-24(20)41-29(3,4)40-23/h5-12,18,20,23-25,39H,13-14H2,1-4H3,(H2,34,35,37,38)/t18-,20?,23-,24+,25+/m1/s1. The van der Waals surface area contributed by atoms with Crippen LogP contribution in [0.1, 0.15) is 43.1 Å². The lowest BCUT2D eigenvalue weighted by Crippen LogP contribution is -2.35. The highest BCUT2D eigenvalue weighted by Crippen LogP contribution is 2.44. The molecule has 1 unspecified atom stereocenters. The molecule has 42 heavy (non-hydrogen) atoms. The van der Waals surface area contributed by atoms with E-state index in [4.69, 9.17) is 14.5 Å². The van der Waals surface area contributed by atoms with Crippen LogP contribution in [0.3, 0.4) is 0 Å². The molecule has 1 aliphatic heterocycles. The number of benzene rings is 2. The van der Waals surface area contributed by atoms with Gasteiger partial charge in [0.15, 0.2) is 11.8 Å². The summed E-state index contributed by atoms with van der Waals surface area (Å²) in [5, 5.41) is 16.7. The predicted molar refractivity (Wildman–Crippen MR) is 155 cm³/mol. The second-order valence-corrected chi connectivity index (χ2v) is 12.4. The van der Waals surface area contributed by atoms with E-state index in [0.29, 0.717) is 28.5 Å². The van der Waals surface area contributed by atoms with Crippen molar-refractivity contribution < 1.29 is 27.8 Å². The van der Waals surface area contributed by atoms with Gasteiger partial charge in [0.2, 0.25) is 5.95 Å². The van der Waals surface area contributed by atoms with Crippen molar-refractivity contribution in [3.63, 3.8) is 0 Å². The molecule has 0 spiro atoms. The number of aliphatic hydroxyl groups excluding tert-OH is 1. The number of nitrogens with zero attached hydrogens (tertiary/aromatic N) is 3. The molecule has 6 rings (SSSR count). The number of anilines is 2. The number of hydrogen-bond donors (Lipinski definition) is 3. The van der Waals surface area contributed by atoms with Crippen LogP contribution in [0, 0.1) is 19.8 Å². The van der Waals surface area contributed by atoms with Crippen molar-refractivity contribution in [2.24, 2.45) is 5.92 Å². The lowest BCUT2D eigenvalue weighted by atomic mass is 10.0. The first-order valence-corrected chi connectivity index (χ1v) is 14.6. The molecule has 0 amide bonds. The van der Waals surface area contributed by atoms with Crippen LogP contribution in [-0.4, -0.2) is 56.9 Å². The Labute approximate surface area is 245 Å². The summed E-state index contributed by atoms with van der Waals surface area (Å²) in [6, 6.07) is 11.6. The Bertz CT molecular complexity index is 1560. The van der Waals surface area contributed by atoms with Crippen LogP contribution in [0.25, 0.3) is 20.8 Å². The van der Waals surface area contributed by atoms with Crippen LogP contribution in [0.2, 0.25) is 0 Å². The first-order valence-electron chi connectivity index (χ1n) is 13.8. The van der Waals surface area contributed by atoms with Gasteiger partial charge in [-0.15, -0.1) is 11.3 Å². The van der Waals surface area contributed by atoms with E-state index in [1.54, 1.807) is 19.1 Å². The molecule has 2 aliphatic rings. The van der Waals surface area contributed by atoms with Crippen LogP contribution in [0.4, 0.5) is 24.9 Å². The fraction of sp³-hybridized carbons (Fsp3) is 0.433. The number of rotatable bonds is 7. The van der Waals surface area contributed by atoms with Crippen molar-refractivity contribution in [1.82, 2.24) is 15.0 Å². The molecule has 5 atom stereocenters. The Morgan fingerprint density at radius 1 is 1.02 bits per heavy atom. The zero-order valence-corrected chi connectivity index (χ0v) is 24.4. The number of aryl methyl sites for hydroxylation is 2. The van der Waals surface area contributed by atoms with Crippen molar-refractivity contribution in [3.8, 4) is 10.6 Å². The molecule has 3 N–H and O–H groups in total. The third-order valence-corrected chi connectivity index (χ3v) is 8.80. The SMILES string of the molecule is Cc1ccc([C@H](Nc2nc(C)c(-c3nc4ccccc4s3)c(NC3C[C@H](CO)[C@H]4OC(C)(C)O[C@@H]34)n2)C(F)(F)F)cc1. The van der Waals surface area contributed by atoms with Gasteiger partial charge < -0.3 is 25.2 Å². The average Bonchev–Trinajstić information content (AvgIpc) is 3.58. The molecule has 3 heterocycles. The van der Waals surface area contributed by atoms with E-state index in [2.05, 4.69) is 20.6 Å². The van der Waals surface area contributed by atoms with Gasteiger partial charge in [-0.1, -0.05) is 42.0 Å². The Morgan fingerprint density at radius 3 is 2.43 bits per heavy atom. The molecule has 0 radical (unpaired) electrons. The molecule has 1 aliphatic carbocycles. The lowest BCUT2D eigenvalue weighted by molar-refractivity contribution is -0.158. The van der Waals surface area contributed by atoms with E-state index < -0.39 is 18.0 Å². The number of nitrogens with one attached hydrogen (secondary N) is 2. The van der Waals surface area contributed by atoms with Crippen LogP contribution >= 0.6 is 11.3 Å². The van der Waals surface area contributed by atoms with Gasteiger partial charge in [0, 0.05) is 12.5 Å². The Balaban J connectivity index is 1.42. The van der Waals surface area contributed by atoms with Crippen molar-refractivity contribution in [2.45, 2.75) is 70.4 Å². The van der Waals surface area contributed by atoms with Crippen LogP contribution in [-0.2, 0) is 9.47 Å². The zero-order valence-electron chi connectivity index (χ0n) is 23.6. The van der Waals surface area contributed by atoms with E-state index in [-0.39, 0.29) is 42.3 Å². The van der Waals surface area contributed by atoms with Gasteiger partial charge in [0.25, 0.3) is 0 Å². The Hall–Kier alpha value is -3.32. The largest absolute Gasteiger partial charge is 0.412 e. The first kappa shape index (κ1) is 28.8. The van der Waals surface area contributed by atoms with Crippen LogP contribution in [0.5, 0.6) is 0 Å². The van der Waals surface area contributed by atoms with E-state index in [1.807, 2.05) is 45.0 Å². The van der Waals surface area contributed by atoms with Gasteiger partial charge in [-0.3, -0.25) is 0 Å². The number of alkyl halides is 3. The fourth-order valence-corrected chi connectivity index (χ4v) is 6.87. The van der Waals surface area contributed by atoms with Gasteiger partial charge in [0.1, 0.15) is 16.9 Å². The van der Waals surface area contributed by atoms with Gasteiger partial charge in [-0.25, -0.2) is 9.97 Å². The van der Waals surface area contributed by atoms with Gasteiger partial charge in [0.05, 0.1) is 33.6 Å². The fourth-order valence-electron chi connectivity index (χ4n) is 5.80. The first-order chi connectivity index (χ1) is 19.9. The Morgan fingerprint density at radius 2 is 1.74 bits per heavy atom. The maximum atomic E-state index is 14.3. The molecule has 222 valence electrons. The Kier molecular flexibility index (Phi) is 7.37. The van der Waals surface area contributed by atoms with E-state index in [1.165, 1.54) is 23.5 Å². The highest BCUT2D eigenvalue weighted by molar-refractivity contribution is 7.21. The maximum Gasteiger partial charge on any atom is 0.412 e. The number of ether oxygens (including phenoxy) is 2. The monoisotopic (exact) mass is 599 g/mol. The molecule has 2 aromatic carbocycles. The number of para-hydroxylation sites is 1. The highest BCUT2D eigenvalue weighted by atomic mass is 32.1. The molecule has 1 saturated carbocycles. The van der Waals surface area contributed by atoms with Crippen LogP contribution in [0.15, 0.2) is 48.5 Å². The summed E-state index contributed by atoms with van der Waals surface area (Å²) >= 11 is 1.46. The smallest absolute Gasteiger partial charge is 0.396 e. The number of hydrogen-bond acceptors (Lipinski definition) is 9. The second-order valence-electron chi connectivity index (χ2n) is 11.4. The van der Waals surface area contributed by atoms with Gasteiger partial charge in [-0.05, 0) is 51.8 Å². The summed E-state index contributed by atoms with van der Waals surface area (Å²) in [7, 11) is 0. The molecule has 2 aromatic heterocycles. The van der Waals surface area contributed by atoms with E-state index >= 15 is 0 Å². The quantitative estimate of drug-likeness (QED) is 0.224. The molecule has 1 saturated heterocycles. The molecular formula is C30H32F3N5O3S.